The summed E-state index contributed by atoms with van der Waals surface area (Å²) in [7, 11) is 0. The Balaban J connectivity index is 1.59. The second kappa shape index (κ2) is 5.78. The minimum atomic E-state index is 0.136. The molecule has 0 aliphatic heterocycles. The quantitative estimate of drug-likeness (QED) is 0.356. The Labute approximate surface area is 149 Å². The van der Waals surface area contributed by atoms with E-state index in [0.717, 1.165) is 28.3 Å². The van der Waals surface area contributed by atoms with Crippen molar-refractivity contribution in [2.24, 2.45) is 11.1 Å². The number of oxime groups is 1. The van der Waals surface area contributed by atoms with Gasteiger partial charge in [0.2, 0.25) is 0 Å². The molecule has 0 bridgehead atoms. The molecular weight excluding hydrogens is 366 g/mol. The first-order valence-corrected chi connectivity index (χ1v) is 8.85. The molecule has 3 nitrogen and oxygen atoms in total. The van der Waals surface area contributed by atoms with Crippen molar-refractivity contribution < 1.29 is 9.62 Å². The molecule has 0 spiro atoms. The van der Waals surface area contributed by atoms with Gasteiger partial charge in [-0.2, -0.15) is 0 Å². The van der Waals surface area contributed by atoms with Crippen LogP contribution in [-0.2, 0) is 5.41 Å². The summed E-state index contributed by atoms with van der Waals surface area (Å²) >= 11 is 3.47. The lowest BCUT2D eigenvalue weighted by atomic mass is 9.58. The Morgan fingerprint density at radius 1 is 1.17 bits per heavy atom. The Hall–Kier alpha value is -2.07. The van der Waals surface area contributed by atoms with E-state index < -0.39 is 0 Å². The van der Waals surface area contributed by atoms with Gasteiger partial charge in [0.1, 0.15) is 11.3 Å². The molecule has 1 fully saturated rings. The minimum Gasteiger partial charge on any atom is -0.455 e. The molecule has 3 aromatic rings. The van der Waals surface area contributed by atoms with E-state index in [9.17, 15) is 5.21 Å². The normalized spacial score (nSPS) is 24.1. The van der Waals surface area contributed by atoms with E-state index in [1.165, 1.54) is 5.56 Å². The third-order valence-corrected chi connectivity index (χ3v) is 5.58. The number of rotatable bonds is 3. The second-order valence-electron chi connectivity index (χ2n) is 6.81. The maximum absolute atomic E-state index is 9.55. The van der Waals surface area contributed by atoms with Crippen molar-refractivity contribution in [1.29, 1.82) is 0 Å². The Morgan fingerprint density at radius 3 is 2.62 bits per heavy atom. The molecule has 1 aromatic heterocycles. The van der Waals surface area contributed by atoms with Gasteiger partial charge in [0.05, 0.1) is 0 Å². The summed E-state index contributed by atoms with van der Waals surface area (Å²) in [5.41, 5.74) is 2.93. The molecule has 1 saturated carbocycles. The van der Waals surface area contributed by atoms with E-state index in [4.69, 9.17) is 4.42 Å². The van der Waals surface area contributed by atoms with Crippen LogP contribution in [0.5, 0.6) is 0 Å². The van der Waals surface area contributed by atoms with Crippen molar-refractivity contribution in [3.8, 4) is 0 Å². The monoisotopic (exact) mass is 383 g/mol. The van der Waals surface area contributed by atoms with Crippen molar-refractivity contribution in [3.63, 3.8) is 0 Å². The summed E-state index contributed by atoms with van der Waals surface area (Å²) < 4.78 is 6.90. The number of benzene rings is 2. The van der Waals surface area contributed by atoms with Gasteiger partial charge in [-0.25, -0.2) is 0 Å². The lowest BCUT2D eigenvalue weighted by Crippen LogP contribution is -2.42. The number of hydrogen-bond donors (Lipinski definition) is 1. The fraction of sp³-hybridized carbons (Fsp3) is 0.250. The molecule has 2 aromatic carbocycles. The van der Waals surface area contributed by atoms with Crippen LogP contribution in [-0.4, -0.2) is 10.9 Å². The fourth-order valence-electron chi connectivity index (χ4n) is 3.77. The predicted octanol–water partition coefficient (Wildman–Crippen LogP) is 5.74. The number of nitrogens with zero attached hydrogens (tertiary/aromatic N) is 1. The molecular formula is C20H18BrNO2. The van der Waals surface area contributed by atoms with Crippen LogP contribution in [0, 0.1) is 5.92 Å². The standard InChI is InChI=1S/C20H18BrNO2/c1-20(15-5-3-2-4-6-15)11-14(12-20)19(22-23)18-10-13-9-16(21)7-8-17(13)24-18/h2-10,14,23H,11-12H2,1H3/b22-19+. The molecule has 1 aliphatic rings. The second-order valence-corrected chi connectivity index (χ2v) is 7.73. The molecule has 0 amide bonds. The highest BCUT2D eigenvalue weighted by Crippen LogP contribution is 2.49. The van der Waals surface area contributed by atoms with Gasteiger partial charge in [-0.3, -0.25) is 0 Å². The molecule has 4 heteroatoms. The zero-order valence-electron chi connectivity index (χ0n) is 13.4. The third kappa shape index (κ3) is 2.55. The van der Waals surface area contributed by atoms with E-state index in [-0.39, 0.29) is 11.3 Å². The lowest BCUT2D eigenvalue weighted by molar-refractivity contribution is 0.209. The average Bonchev–Trinajstić information content (AvgIpc) is 2.97. The van der Waals surface area contributed by atoms with Gasteiger partial charge in [-0.05, 0) is 48.1 Å². The number of halogens is 1. The Bertz CT molecular complexity index is 908. The maximum atomic E-state index is 9.55. The molecule has 0 atom stereocenters. The van der Waals surface area contributed by atoms with Crippen LogP contribution in [0.2, 0.25) is 0 Å². The zero-order valence-corrected chi connectivity index (χ0v) is 15.0. The van der Waals surface area contributed by atoms with E-state index in [1.807, 2.05) is 30.3 Å². The number of hydrogen-bond acceptors (Lipinski definition) is 3. The largest absolute Gasteiger partial charge is 0.455 e. The van der Waals surface area contributed by atoms with Crippen LogP contribution < -0.4 is 0 Å². The third-order valence-electron chi connectivity index (χ3n) is 5.09. The first kappa shape index (κ1) is 15.5. The highest BCUT2D eigenvalue weighted by molar-refractivity contribution is 9.10. The summed E-state index contributed by atoms with van der Waals surface area (Å²) in [4.78, 5) is 0. The summed E-state index contributed by atoms with van der Waals surface area (Å²) in [5, 5.41) is 14.1. The highest BCUT2D eigenvalue weighted by atomic mass is 79.9. The van der Waals surface area contributed by atoms with Crippen molar-refractivity contribution in [1.82, 2.24) is 0 Å². The molecule has 4 rings (SSSR count). The molecule has 1 N–H and O–H groups in total. The molecule has 0 unspecified atom stereocenters. The smallest absolute Gasteiger partial charge is 0.153 e. The number of furan rings is 1. The van der Waals surface area contributed by atoms with Crippen molar-refractivity contribution in [2.45, 2.75) is 25.2 Å². The molecule has 0 radical (unpaired) electrons. The number of fused-ring (bicyclic) bond motifs is 1. The van der Waals surface area contributed by atoms with Crippen LogP contribution in [0.15, 0.2) is 68.6 Å². The van der Waals surface area contributed by atoms with Gasteiger partial charge in [0.15, 0.2) is 5.76 Å². The zero-order chi connectivity index (χ0) is 16.7. The molecule has 1 heterocycles. The van der Waals surface area contributed by atoms with Crippen LogP contribution in [0.4, 0.5) is 0 Å². The summed E-state index contributed by atoms with van der Waals surface area (Å²) in [5.74, 6) is 0.870. The SMILES string of the molecule is CC1(c2ccccc2)CC(/C(=N\O)c2cc3cc(Br)ccc3o2)C1. The average molecular weight is 384 g/mol. The summed E-state index contributed by atoms with van der Waals surface area (Å²) in [6, 6.07) is 18.4. The molecule has 0 saturated heterocycles. The highest BCUT2D eigenvalue weighted by Gasteiger charge is 2.45. The lowest BCUT2D eigenvalue weighted by Gasteiger charge is -2.45. The maximum Gasteiger partial charge on any atom is 0.153 e. The first-order valence-electron chi connectivity index (χ1n) is 8.06. The van der Waals surface area contributed by atoms with Gasteiger partial charge < -0.3 is 9.62 Å². The fourth-order valence-corrected chi connectivity index (χ4v) is 4.15. The van der Waals surface area contributed by atoms with Crippen molar-refractivity contribution in [2.75, 3.05) is 0 Å². The molecule has 1 aliphatic carbocycles. The summed E-state index contributed by atoms with van der Waals surface area (Å²) in [6.07, 6.45) is 1.91. The van der Waals surface area contributed by atoms with Crippen LogP contribution in [0.1, 0.15) is 31.1 Å². The first-order chi connectivity index (χ1) is 11.6. The molecule has 122 valence electrons. The predicted molar refractivity (Wildman–Crippen MR) is 98.8 cm³/mol. The van der Waals surface area contributed by atoms with Gasteiger partial charge >= 0.3 is 0 Å². The van der Waals surface area contributed by atoms with Gasteiger partial charge in [0, 0.05) is 15.8 Å². The van der Waals surface area contributed by atoms with Crippen LogP contribution in [0.25, 0.3) is 11.0 Å². The van der Waals surface area contributed by atoms with E-state index in [0.29, 0.717) is 11.5 Å². The molecule has 24 heavy (non-hydrogen) atoms. The van der Waals surface area contributed by atoms with E-state index in [2.05, 4.69) is 52.3 Å². The minimum absolute atomic E-state index is 0.136. The van der Waals surface area contributed by atoms with Gasteiger partial charge in [0.25, 0.3) is 0 Å². The van der Waals surface area contributed by atoms with E-state index in [1.54, 1.807) is 0 Å². The van der Waals surface area contributed by atoms with Crippen molar-refractivity contribution >= 4 is 32.6 Å². The summed E-state index contributed by atoms with van der Waals surface area (Å²) in [6.45, 7) is 2.27. The Kier molecular flexibility index (Phi) is 3.72. The van der Waals surface area contributed by atoms with Gasteiger partial charge in [-0.15, -0.1) is 0 Å². The topological polar surface area (TPSA) is 45.7 Å². The van der Waals surface area contributed by atoms with E-state index >= 15 is 0 Å². The van der Waals surface area contributed by atoms with Gasteiger partial charge in [-0.1, -0.05) is 58.3 Å². The van der Waals surface area contributed by atoms with Crippen molar-refractivity contribution in [3.05, 3.63) is 70.4 Å². The van der Waals surface area contributed by atoms with Crippen LogP contribution in [0.3, 0.4) is 0 Å². The van der Waals surface area contributed by atoms with Crippen LogP contribution >= 0.6 is 15.9 Å². The Morgan fingerprint density at radius 2 is 1.92 bits per heavy atom.